The number of rotatable bonds is 5. The highest BCUT2D eigenvalue weighted by molar-refractivity contribution is 5.39. The predicted molar refractivity (Wildman–Crippen MR) is 85.7 cm³/mol. The molecule has 1 aromatic carbocycles. The van der Waals surface area contributed by atoms with Crippen LogP contribution in [0.2, 0.25) is 0 Å². The maximum atomic E-state index is 5.33. The first-order valence-electron chi connectivity index (χ1n) is 7.74. The second-order valence-electron chi connectivity index (χ2n) is 5.74. The number of nitrogens with one attached hydrogen (secondary N) is 1. The third-order valence-corrected chi connectivity index (χ3v) is 3.79. The fraction of sp³-hybridized carbons (Fsp3) is 0.267. The molecule has 0 aliphatic heterocycles. The molecular formula is C15H15N9O. The zero-order chi connectivity index (χ0) is 17.2. The average Bonchev–Trinajstić information content (AvgIpc) is 3.36. The van der Waals surface area contributed by atoms with Gasteiger partial charge in [-0.3, -0.25) is 5.10 Å². The molecule has 1 N–H and O–H groups in total. The minimum absolute atomic E-state index is 0.0561. The summed E-state index contributed by atoms with van der Waals surface area (Å²) in [5.74, 6) is 1.99. The number of hydrogen-bond acceptors (Lipinski definition) is 8. The van der Waals surface area contributed by atoms with E-state index in [1.54, 1.807) is 4.68 Å². The van der Waals surface area contributed by atoms with Crippen LogP contribution in [0, 0.1) is 6.92 Å². The molecule has 0 amide bonds. The summed E-state index contributed by atoms with van der Waals surface area (Å²) in [7, 11) is 0. The van der Waals surface area contributed by atoms with Crippen LogP contribution in [0.4, 0.5) is 0 Å². The lowest BCUT2D eigenvalue weighted by molar-refractivity contribution is 0.357. The van der Waals surface area contributed by atoms with E-state index in [0.717, 1.165) is 11.5 Å². The van der Waals surface area contributed by atoms with Gasteiger partial charge in [0.2, 0.25) is 11.7 Å². The molecule has 10 heteroatoms. The molecule has 1 atom stereocenters. The van der Waals surface area contributed by atoms with Crippen molar-refractivity contribution >= 4 is 0 Å². The summed E-state index contributed by atoms with van der Waals surface area (Å²) in [5.41, 5.74) is 2.09. The maximum Gasteiger partial charge on any atom is 0.239 e. The first kappa shape index (κ1) is 15.1. The molecule has 0 fully saturated rings. The predicted octanol–water partition coefficient (Wildman–Crippen LogP) is 1.49. The van der Waals surface area contributed by atoms with Gasteiger partial charge in [0.05, 0.1) is 5.69 Å². The van der Waals surface area contributed by atoms with E-state index in [1.165, 1.54) is 11.9 Å². The van der Waals surface area contributed by atoms with E-state index in [9.17, 15) is 0 Å². The van der Waals surface area contributed by atoms with Crippen molar-refractivity contribution < 1.29 is 4.52 Å². The Morgan fingerprint density at radius 3 is 2.84 bits per heavy atom. The second kappa shape index (κ2) is 6.23. The highest BCUT2D eigenvalue weighted by Gasteiger charge is 2.20. The van der Waals surface area contributed by atoms with Gasteiger partial charge in [0.25, 0.3) is 0 Å². The van der Waals surface area contributed by atoms with Crippen molar-refractivity contribution in [2.24, 2.45) is 0 Å². The minimum atomic E-state index is -0.0561. The van der Waals surface area contributed by atoms with Crippen LogP contribution in [0.5, 0.6) is 0 Å². The molecule has 4 aromatic rings. The van der Waals surface area contributed by atoms with Gasteiger partial charge >= 0.3 is 0 Å². The summed E-state index contributed by atoms with van der Waals surface area (Å²) < 4.78 is 7.05. The summed E-state index contributed by atoms with van der Waals surface area (Å²) in [5, 5.41) is 22.4. The molecule has 0 bridgehead atoms. The van der Waals surface area contributed by atoms with Gasteiger partial charge in [-0.15, -0.1) is 5.10 Å². The standard InChI is InChI=1S/C15H15N9O/c1-9-3-5-11(6-4-9)24-12(19-22-23-24)7-10(2)15-18-14(21-25-15)13-16-8-17-20-13/h3-6,8,10H,7H2,1-2H3,(H,16,17,20). The van der Waals surface area contributed by atoms with Crippen molar-refractivity contribution in [3.63, 3.8) is 0 Å². The van der Waals surface area contributed by atoms with Crippen LogP contribution in [0.1, 0.15) is 30.1 Å². The summed E-state index contributed by atoms with van der Waals surface area (Å²) in [6.45, 7) is 4.01. The largest absolute Gasteiger partial charge is 0.339 e. The fourth-order valence-electron chi connectivity index (χ4n) is 2.43. The van der Waals surface area contributed by atoms with Crippen LogP contribution in [-0.4, -0.2) is 45.5 Å². The lowest BCUT2D eigenvalue weighted by Crippen LogP contribution is -2.08. The molecule has 0 saturated carbocycles. The summed E-state index contributed by atoms with van der Waals surface area (Å²) in [6, 6.07) is 8.00. The quantitative estimate of drug-likeness (QED) is 0.580. The molecule has 25 heavy (non-hydrogen) atoms. The lowest BCUT2D eigenvalue weighted by Gasteiger charge is -2.07. The first-order chi connectivity index (χ1) is 12.2. The monoisotopic (exact) mass is 337 g/mol. The smallest absolute Gasteiger partial charge is 0.239 e. The Hall–Kier alpha value is -3.43. The van der Waals surface area contributed by atoms with Gasteiger partial charge in [-0.1, -0.05) is 29.8 Å². The number of aryl methyl sites for hydroxylation is 1. The van der Waals surface area contributed by atoms with Crippen LogP contribution in [0.3, 0.4) is 0 Å². The number of aromatic amines is 1. The van der Waals surface area contributed by atoms with Crippen molar-refractivity contribution in [3.05, 3.63) is 47.9 Å². The van der Waals surface area contributed by atoms with Crippen molar-refractivity contribution in [1.82, 2.24) is 45.5 Å². The molecule has 126 valence electrons. The molecule has 3 aromatic heterocycles. The first-order valence-corrected chi connectivity index (χ1v) is 7.74. The number of hydrogen-bond donors (Lipinski definition) is 1. The van der Waals surface area contributed by atoms with Gasteiger partial charge in [-0.25, -0.2) is 4.98 Å². The second-order valence-corrected chi connectivity index (χ2v) is 5.74. The van der Waals surface area contributed by atoms with Gasteiger partial charge in [0.1, 0.15) is 6.33 Å². The molecule has 0 aliphatic rings. The molecule has 1 unspecified atom stereocenters. The van der Waals surface area contributed by atoms with Crippen molar-refractivity contribution in [3.8, 4) is 17.3 Å². The molecule has 0 radical (unpaired) electrons. The summed E-state index contributed by atoms with van der Waals surface area (Å²) >= 11 is 0. The van der Waals surface area contributed by atoms with Crippen LogP contribution in [0.15, 0.2) is 35.1 Å². The van der Waals surface area contributed by atoms with Gasteiger partial charge < -0.3 is 4.52 Å². The van der Waals surface area contributed by atoms with E-state index in [4.69, 9.17) is 4.52 Å². The molecule has 4 rings (SSSR count). The van der Waals surface area contributed by atoms with E-state index in [0.29, 0.717) is 24.0 Å². The van der Waals surface area contributed by atoms with E-state index >= 15 is 0 Å². The van der Waals surface area contributed by atoms with Gasteiger partial charge in [0.15, 0.2) is 11.6 Å². The van der Waals surface area contributed by atoms with E-state index in [1.807, 2.05) is 38.1 Å². The van der Waals surface area contributed by atoms with Gasteiger partial charge in [-0.2, -0.15) is 14.8 Å². The number of benzene rings is 1. The van der Waals surface area contributed by atoms with Gasteiger partial charge in [0, 0.05) is 12.3 Å². The van der Waals surface area contributed by atoms with Crippen molar-refractivity contribution in [1.29, 1.82) is 0 Å². The number of H-pyrrole nitrogens is 1. The Balaban J connectivity index is 1.55. The molecule has 0 saturated heterocycles. The Bertz CT molecular complexity index is 955. The van der Waals surface area contributed by atoms with E-state index in [-0.39, 0.29) is 5.92 Å². The van der Waals surface area contributed by atoms with E-state index < -0.39 is 0 Å². The molecular weight excluding hydrogens is 322 g/mol. The van der Waals surface area contributed by atoms with E-state index in [2.05, 4.69) is 40.8 Å². The zero-order valence-electron chi connectivity index (χ0n) is 13.7. The average molecular weight is 337 g/mol. The topological polar surface area (TPSA) is 124 Å². The van der Waals surface area contributed by atoms with Crippen LogP contribution < -0.4 is 0 Å². The minimum Gasteiger partial charge on any atom is -0.339 e. The third-order valence-electron chi connectivity index (χ3n) is 3.79. The van der Waals surface area contributed by atoms with Crippen LogP contribution in [0.25, 0.3) is 17.3 Å². The number of nitrogens with zero attached hydrogens (tertiary/aromatic N) is 8. The molecule has 10 nitrogen and oxygen atoms in total. The Morgan fingerprint density at radius 2 is 2.08 bits per heavy atom. The summed E-state index contributed by atoms with van der Waals surface area (Å²) in [4.78, 5) is 8.37. The lowest BCUT2D eigenvalue weighted by atomic mass is 10.1. The van der Waals surface area contributed by atoms with Crippen molar-refractivity contribution in [2.45, 2.75) is 26.2 Å². The normalized spacial score (nSPS) is 12.4. The van der Waals surface area contributed by atoms with Gasteiger partial charge in [-0.05, 0) is 29.5 Å². The number of tetrazole rings is 1. The van der Waals surface area contributed by atoms with Crippen LogP contribution >= 0.6 is 0 Å². The summed E-state index contributed by atoms with van der Waals surface area (Å²) in [6.07, 6.45) is 1.95. The number of aromatic nitrogens is 9. The Kier molecular flexibility index (Phi) is 3.77. The SMILES string of the molecule is Cc1ccc(-n2nnnc2CC(C)c2nc(-c3ncn[nH]3)no2)cc1. The highest BCUT2D eigenvalue weighted by atomic mass is 16.5. The van der Waals surface area contributed by atoms with Crippen LogP contribution in [-0.2, 0) is 6.42 Å². The highest BCUT2D eigenvalue weighted by Crippen LogP contribution is 2.21. The Labute approximate surface area is 142 Å². The molecule has 0 spiro atoms. The maximum absolute atomic E-state index is 5.33. The molecule has 0 aliphatic carbocycles. The third kappa shape index (κ3) is 3.01. The fourth-order valence-corrected chi connectivity index (χ4v) is 2.43. The Morgan fingerprint density at radius 1 is 1.24 bits per heavy atom. The molecule has 3 heterocycles. The zero-order valence-corrected chi connectivity index (χ0v) is 13.7. The van der Waals surface area contributed by atoms with Crippen molar-refractivity contribution in [2.75, 3.05) is 0 Å².